The van der Waals surface area contributed by atoms with E-state index in [0.717, 1.165) is 5.70 Å². The Morgan fingerprint density at radius 2 is 1.78 bits per heavy atom. The van der Waals surface area contributed by atoms with Crippen LogP contribution in [-0.2, 0) is 9.59 Å². The molecule has 4 nitrogen and oxygen atoms in total. The highest BCUT2D eigenvalue weighted by atomic mass is 16.2. The summed E-state index contributed by atoms with van der Waals surface area (Å²) < 4.78 is 0. The summed E-state index contributed by atoms with van der Waals surface area (Å²) in [5.41, 5.74) is 0.275. The molecule has 1 saturated carbocycles. The van der Waals surface area contributed by atoms with E-state index in [0.29, 0.717) is 18.8 Å². The second-order valence-electron chi connectivity index (χ2n) is 8.42. The Balaban J connectivity index is 2.05. The molecule has 1 aliphatic heterocycles. The van der Waals surface area contributed by atoms with E-state index in [2.05, 4.69) is 19.2 Å². The van der Waals surface area contributed by atoms with E-state index in [4.69, 9.17) is 0 Å². The molecule has 0 aromatic carbocycles. The van der Waals surface area contributed by atoms with Crippen LogP contribution in [0.4, 0.5) is 0 Å². The minimum Gasteiger partial charge on any atom is -0.330 e. The summed E-state index contributed by atoms with van der Waals surface area (Å²) in [6, 6.07) is 0. The number of carbonyl (C=O) groups excluding carboxylic acids is 2. The van der Waals surface area contributed by atoms with E-state index in [-0.39, 0.29) is 22.9 Å². The van der Waals surface area contributed by atoms with Crippen LogP contribution < -0.4 is 5.32 Å². The van der Waals surface area contributed by atoms with E-state index in [1.54, 1.807) is 6.92 Å². The molecule has 4 heteroatoms. The average Bonchev–Trinajstić information content (AvgIpc) is 2.35. The van der Waals surface area contributed by atoms with Gasteiger partial charge in [0, 0.05) is 31.0 Å². The lowest BCUT2D eigenvalue weighted by Crippen LogP contribution is -2.60. The molecular formula is C19H32N2O2. The van der Waals surface area contributed by atoms with Gasteiger partial charge in [-0.2, -0.15) is 0 Å². The van der Waals surface area contributed by atoms with E-state index in [1.807, 2.05) is 24.8 Å². The van der Waals surface area contributed by atoms with Crippen LogP contribution >= 0.6 is 0 Å². The molecule has 130 valence electrons. The molecule has 1 heterocycles. The zero-order chi connectivity index (χ0) is 17.3. The average molecular weight is 320 g/mol. The highest BCUT2D eigenvalue weighted by molar-refractivity contribution is 5.79. The van der Waals surface area contributed by atoms with Gasteiger partial charge in [-0.1, -0.05) is 19.3 Å². The third kappa shape index (κ3) is 4.36. The standard InChI is InChI=1S/C19H32N2O2/c1-14(22)21-18(2,3)12-16(13-19(21,4)5)20-17(23)11-15-9-7-6-8-10-15/h12,15H,6-11,13H2,1-5H3,(H,20,23). The van der Waals surface area contributed by atoms with Crippen LogP contribution in [0.25, 0.3) is 0 Å². The van der Waals surface area contributed by atoms with Gasteiger partial charge in [0.25, 0.3) is 0 Å². The van der Waals surface area contributed by atoms with Crippen molar-refractivity contribution in [2.75, 3.05) is 0 Å². The molecule has 0 unspecified atom stereocenters. The third-order valence-electron chi connectivity index (χ3n) is 5.15. The minimum atomic E-state index is -0.388. The summed E-state index contributed by atoms with van der Waals surface area (Å²) in [5.74, 6) is 0.748. The Bertz CT molecular complexity index is 499. The lowest BCUT2D eigenvalue weighted by molar-refractivity contribution is -0.140. The van der Waals surface area contributed by atoms with Gasteiger partial charge in [-0.25, -0.2) is 0 Å². The van der Waals surface area contributed by atoms with Crippen molar-refractivity contribution in [2.24, 2.45) is 5.92 Å². The first-order valence-corrected chi connectivity index (χ1v) is 8.94. The van der Waals surface area contributed by atoms with Crippen LogP contribution in [0.3, 0.4) is 0 Å². The second-order valence-corrected chi connectivity index (χ2v) is 8.42. The van der Waals surface area contributed by atoms with Gasteiger partial charge in [0.15, 0.2) is 0 Å². The first-order chi connectivity index (χ1) is 10.6. The number of rotatable bonds is 3. The quantitative estimate of drug-likeness (QED) is 0.860. The van der Waals surface area contributed by atoms with Crippen molar-refractivity contribution in [1.82, 2.24) is 10.2 Å². The maximum atomic E-state index is 12.4. The summed E-state index contributed by atoms with van der Waals surface area (Å²) >= 11 is 0. The molecule has 0 bridgehead atoms. The van der Waals surface area contributed by atoms with Crippen molar-refractivity contribution in [3.8, 4) is 0 Å². The maximum absolute atomic E-state index is 12.4. The number of nitrogens with zero attached hydrogens (tertiary/aromatic N) is 1. The number of amides is 2. The lowest BCUT2D eigenvalue weighted by Gasteiger charge is -2.51. The summed E-state index contributed by atoms with van der Waals surface area (Å²) in [6.07, 6.45) is 9.55. The minimum absolute atomic E-state index is 0.0730. The molecule has 1 N–H and O–H groups in total. The monoisotopic (exact) mass is 320 g/mol. The van der Waals surface area contributed by atoms with Crippen molar-refractivity contribution in [3.05, 3.63) is 11.8 Å². The first-order valence-electron chi connectivity index (χ1n) is 8.94. The molecule has 0 saturated heterocycles. The van der Waals surface area contributed by atoms with Crippen LogP contribution in [-0.4, -0.2) is 27.8 Å². The van der Waals surface area contributed by atoms with Crippen LogP contribution in [0.2, 0.25) is 0 Å². The van der Waals surface area contributed by atoms with Crippen molar-refractivity contribution in [1.29, 1.82) is 0 Å². The molecule has 2 rings (SSSR count). The molecule has 0 spiro atoms. The molecule has 0 radical (unpaired) electrons. The normalized spacial score (nSPS) is 24.0. The largest absolute Gasteiger partial charge is 0.330 e. The first kappa shape index (κ1) is 18.0. The molecule has 23 heavy (non-hydrogen) atoms. The number of carbonyl (C=O) groups is 2. The van der Waals surface area contributed by atoms with Gasteiger partial charge < -0.3 is 10.2 Å². The van der Waals surface area contributed by atoms with Gasteiger partial charge in [0.05, 0.1) is 5.54 Å². The van der Waals surface area contributed by atoms with Gasteiger partial charge in [0.2, 0.25) is 11.8 Å². The highest BCUT2D eigenvalue weighted by Crippen LogP contribution is 2.36. The predicted octanol–water partition coefficient (Wildman–Crippen LogP) is 3.77. The van der Waals surface area contributed by atoms with E-state index < -0.39 is 0 Å². The Morgan fingerprint density at radius 3 is 2.30 bits per heavy atom. The lowest BCUT2D eigenvalue weighted by atomic mass is 9.82. The van der Waals surface area contributed by atoms with Gasteiger partial charge in [-0.15, -0.1) is 0 Å². The SMILES string of the molecule is CC(=O)N1C(C)(C)C=C(NC(=O)CC2CCCCC2)CC1(C)C. The smallest absolute Gasteiger partial charge is 0.224 e. The molecule has 0 aromatic rings. The number of hydrogen-bond acceptors (Lipinski definition) is 2. The van der Waals surface area contributed by atoms with Gasteiger partial charge in [-0.3, -0.25) is 9.59 Å². The molecule has 1 fully saturated rings. The van der Waals surface area contributed by atoms with Crippen LogP contribution in [0.15, 0.2) is 11.8 Å². The summed E-state index contributed by atoms with van der Waals surface area (Å²) in [4.78, 5) is 26.3. The molecule has 1 aliphatic carbocycles. The van der Waals surface area contributed by atoms with Crippen molar-refractivity contribution in [2.45, 2.75) is 90.6 Å². The van der Waals surface area contributed by atoms with Crippen LogP contribution in [0.5, 0.6) is 0 Å². The van der Waals surface area contributed by atoms with E-state index in [1.165, 1.54) is 32.1 Å². The third-order valence-corrected chi connectivity index (χ3v) is 5.15. The molecule has 0 aromatic heterocycles. The van der Waals surface area contributed by atoms with Gasteiger partial charge >= 0.3 is 0 Å². The zero-order valence-corrected chi connectivity index (χ0v) is 15.4. The van der Waals surface area contributed by atoms with Gasteiger partial charge in [-0.05, 0) is 52.5 Å². The van der Waals surface area contributed by atoms with Crippen molar-refractivity contribution in [3.63, 3.8) is 0 Å². The maximum Gasteiger partial charge on any atom is 0.224 e. The van der Waals surface area contributed by atoms with Gasteiger partial charge in [0.1, 0.15) is 0 Å². The Morgan fingerprint density at radius 1 is 1.17 bits per heavy atom. The molecule has 2 aliphatic rings. The number of hydrogen-bond donors (Lipinski definition) is 1. The van der Waals surface area contributed by atoms with Crippen molar-refractivity contribution < 1.29 is 9.59 Å². The Hall–Kier alpha value is -1.32. The second kappa shape index (κ2) is 6.66. The predicted molar refractivity (Wildman–Crippen MR) is 92.7 cm³/mol. The molecule has 0 atom stereocenters. The molecular weight excluding hydrogens is 288 g/mol. The van der Waals surface area contributed by atoms with Crippen molar-refractivity contribution >= 4 is 11.8 Å². The van der Waals surface area contributed by atoms with Crippen LogP contribution in [0, 0.1) is 5.92 Å². The Kier molecular flexibility index (Phi) is 5.22. The zero-order valence-electron chi connectivity index (χ0n) is 15.4. The fourth-order valence-corrected chi connectivity index (χ4v) is 4.66. The summed E-state index contributed by atoms with van der Waals surface area (Å²) in [7, 11) is 0. The fraction of sp³-hybridized carbons (Fsp3) is 0.789. The topological polar surface area (TPSA) is 49.4 Å². The summed E-state index contributed by atoms with van der Waals surface area (Å²) in [6.45, 7) is 9.81. The highest BCUT2D eigenvalue weighted by Gasteiger charge is 2.43. The molecule has 2 amide bonds. The van der Waals surface area contributed by atoms with Crippen LogP contribution in [0.1, 0.15) is 79.6 Å². The fourth-order valence-electron chi connectivity index (χ4n) is 4.66. The van der Waals surface area contributed by atoms with E-state index >= 15 is 0 Å². The number of nitrogens with one attached hydrogen (secondary N) is 1. The Labute approximate surface area is 140 Å². The van der Waals surface area contributed by atoms with E-state index in [9.17, 15) is 9.59 Å². The summed E-state index contributed by atoms with van der Waals surface area (Å²) in [5, 5.41) is 3.12.